The number of benzene rings is 1. The van der Waals surface area contributed by atoms with Crippen molar-refractivity contribution in [2.75, 3.05) is 20.1 Å². The van der Waals surface area contributed by atoms with E-state index in [9.17, 15) is 0 Å². The summed E-state index contributed by atoms with van der Waals surface area (Å²) in [7, 11) is 2.16. The largest absolute Gasteiger partial charge is 0.340 e. The molecule has 2 atom stereocenters. The molecule has 1 aromatic heterocycles. The highest BCUT2D eigenvalue weighted by Gasteiger charge is 2.28. The second-order valence-corrected chi connectivity index (χ2v) is 6.96. The molecule has 0 unspecified atom stereocenters. The minimum absolute atomic E-state index is 0.572. The van der Waals surface area contributed by atoms with Crippen molar-refractivity contribution < 1.29 is 4.52 Å². The van der Waals surface area contributed by atoms with Gasteiger partial charge in [0.15, 0.2) is 5.82 Å². The second-order valence-electron chi connectivity index (χ2n) is 6.96. The molecule has 5 heteroatoms. The third kappa shape index (κ3) is 4.42. The molecule has 24 heavy (non-hydrogen) atoms. The fourth-order valence-electron chi connectivity index (χ4n) is 3.49. The van der Waals surface area contributed by atoms with Gasteiger partial charge in [0.2, 0.25) is 5.89 Å². The van der Waals surface area contributed by atoms with Crippen molar-refractivity contribution in [2.24, 2.45) is 0 Å². The molecule has 0 spiro atoms. The number of likely N-dealkylation sites (N-methyl/N-ethyl adjacent to an activating group) is 1. The van der Waals surface area contributed by atoms with Crippen molar-refractivity contribution in [1.82, 2.24) is 19.9 Å². The molecule has 5 nitrogen and oxygen atoms in total. The van der Waals surface area contributed by atoms with Crippen LogP contribution < -0.4 is 0 Å². The zero-order valence-corrected chi connectivity index (χ0v) is 15.0. The summed E-state index contributed by atoms with van der Waals surface area (Å²) in [6, 6.07) is 12.0. The van der Waals surface area contributed by atoms with E-state index < -0.39 is 0 Å². The van der Waals surface area contributed by atoms with Crippen LogP contribution in [0.3, 0.4) is 0 Å². The van der Waals surface area contributed by atoms with E-state index in [1.165, 1.54) is 24.9 Å². The van der Waals surface area contributed by atoms with Crippen LogP contribution in [0.4, 0.5) is 0 Å². The summed E-state index contributed by atoms with van der Waals surface area (Å²) in [6.07, 6.45) is 3.58. The Labute approximate surface area is 144 Å². The molecule has 0 N–H and O–H groups in total. The van der Waals surface area contributed by atoms with Crippen LogP contribution in [0.25, 0.3) is 0 Å². The molecule has 1 aliphatic heterocycles. The maximum atomic E-state index is 5.06. The van der Waals surface area contributed by atoms with Gasteiger partial charge in [-0.05, 0) is 38.8 Å². The lowest BCUT2D eigenvalue weighted by Gasteiger charge is -2.27. The summed E-state index contributed by atoms with van der Waals surface area (Å²) in [4.78, 5) is 9.28. The van der Waals surface area contributed by atoms with Crippen LogP contribution in [-0.2, 0) is 13.0 Å². The van der Waals surface area contributed by atoms with Crippen molar-refractivity contribution >= 4 is 0 Å². The molecule has 2 aromatic rings. The van der Waals surface area contributed by atoms with E-state index >= 15 is 0 Å². The molecule has 1 aromatic carbocycles. The molecule has 2 heterocycles. The van der Waals surface area contributed by atoms with E-state index in [4.69, 9.17) is 4.52 Å². The Balaban J connectivity index is 1.45. The minimum atomic E-state index is 0.572. The monoisotopic (exact) mass is 328 g/mol. The smallest absolute Gasteiger partial charge is 0.223 e. The Morgan fingerprint density at radius 3 is 2.83 bits per heavy atom. The number of aromatic nitrogens is 2. The molecule has 1 aliphatic rings. The maximum Gasteiger partial charge on any atom is 0.223 e. The Kier molecular flexibility index (Phi) is 5.63. The SMILES string of the molecule is Cc1nc(CN(C)[C@@H]2CCN([C@H](C)CCc3ccccc3)C2)no1. The number of aryl methyl sites for hydroxylation is 2. The van der Waals surface area contributed by atoms with Gasteiger partial charge in [-0.1, -0.05) is 35.5 Å². The fraction of sp³-hybridized carbons (Fsp3) is 0.579. The van der Waals surface area contributed by atoms with E-state index in [-0.39, 0.29) is 0 Å². The van der Waals surface area contributed by atoms with E-state index in [1.807, 2.05) is 6.92 Å². The first-order valence-corrected chi connectivity index (χ1v) is 8.89. The third-order valence-corrected chi connectivity index (χ3v) is 5.10. The molecule has 1 saturated heterocycles. The van der Waals surface area contributed by atoms with Gasteiger partial charge in [-0.15, -0.1) is 0 Å². The number of nitrogens with zero attached hydrogens (tertiary/aromatic N) is 4. The summed E-state index contributed by atoms with van der Waals surface area (Å²) in [6.45, 7) is 7.25. The first-order chi connectivity index (χ1) is 11.6. The second kappa shape index (κ2) is 7.90. The van der Waals surface area contributed by atoms with E-state index in [2.05, 4.69) is 64.2 Å². The number of likely N-dealkylation sites (tertiary alicyclic amines) is 1. The highest BCUT2D eigenvalue weighted by atomic mass is 16.5. The van der Waals surface area contributed by atoms with Crippen LogP contribution in [-0.4, -0.2) is 52.2 Å². The highest BCUT2D eigenvalue weighted by Crippen LogP contribution is 2.20. The Morgan fingerprint density at radius 1 is 1.33 bits per heavy atom. The van der Waals surface area contributed by atoms with Gasteiger partial charge in [0.25, 0.3) is 0 Å². The molecule has 0 radical (unpaired) electrons. The first kappa shape index (κ1) is 17.1. The van der Waals surface area contributed by atoms with Gasteiger partial charge in [0.05, 0.1) is 6.54 Å². The van der Waals surface area contributed by atoms with Gasteiger partial charge in [0, 0.05) is 32.1 Å². The quantitative estimate of drug-likeness (QED) is 0.782. The van der Waals surface area contributed by atoms with Gasteiger partial charge >= 0.3 is 0 Å². The standard InChI is InChI=1S/C19H28N4O/c1-15(9-10-17-7-5-4-6-8-17)23-12-11-18(13-23)22(3)14-19-20-16(2)24-21-19/h4-8,15,18H,9-14H2,1-3H3/t15-,18-/m1/s1. The fourth-order valence-corrected chi connectivity index (χ4v) is 3.49. The predicted octanol–water partition coefficient (Wildman–Crippen LogP) is 2.91. The van der Waals surface area contributed by atoms with Crippen LogP contribution in [0, 0.1) is 6.92 Å². The summed E-state index contributed by atoms with van der Waals surface area (Å²) in [5.41, 5.74) is 1.43. The average Bonchev–Trinajstić information content (AvgIpc) is 3.23. The van der Waals surface area contributed by atoms with Crippen LogP contribution in [0.15, 0.2) is 34.9 Å². The van der Waals surface area contributed by atoms with Gasteiger partial charge in [-0.2, -0.15) is 4.98 Å². The van der Waals surface area contributed by atoms with Gasteiger partial charge in [-0.3, -0.25) is 9.80 Å². The van der Waals surface area contributed by atoms with Gasteiger partial charge in [-0.25, -0.2) is 0 Å². The predicted molar refractivity (Wildman–Crippen MR) is 94.7 cm³/mol. The van der Waals surface area contributed by atoms with Crippen molar-refractivity contribution in [3.05, 3.63) is 47.6 Å². The maximum absolute atomic E-state index is 5.06. The third-order valence-electron chi connectivity index (χ3n) is 5.10. The summed E-state index contributed by atoms with van der Waals surface area (Å²) in [5, 5.41) is 4.00. The van der Waals surface area contributed by atoms with Crippen LogP contribution in [0.5, 0.6) is 0 Å². The Morgan fingerprint density at radius 2 is 2.12 bits per heavy atom. The molecule has 0 bridgehead atoms. The van der Waals surface area contributed by atoms with Crippen molar-refractivity contribution in [2.45, 2.75) is 51.7 Å². The van der Waals surface area contributed by atoms with E-state index in [1.54, 1.807) is 0 Å². The average molecular weight is 328 g/mol. The zero-order chi connectivity index (χ0) is 16.9. The molecule has 3 rings (SSSR count). The lowest BCUT2D eigenvalue weighted by molar-refractivity contribution is 0.194. The van der Waals surface area contributed by atoms with Crippen molar-refractivity contribution in [3.63, 3.8) is 0 Å². The van der Waals surface area contributed by atoms with Crippen LogP contribution >= 0.6 is 0 Å². The van der Waals surface area contributed by atoms with Gasteiger partial charge < -0.3 is 4.52 Å². The molecule has 0 saturated carbocycles. The van der Waals surface area contributed by atoms with Crippen molar-refractivity contribution in [1.29, 1.82) is 0 Å². The molecular formula is C19H28N4O. The molecular weight excluding hydrogens is 300 g/mol. The Bertz CT molecular complexity index is 627. The van der Waals surface area contributed by atoms with E-state index in [0.717, 1.165) is 25.3 Å². The zero-order valence-electron chi connectivity index (χ0n) is 15.0. The van der Waals surface area contributed by atoms with Crippen LogP contribution in [0.1, 0.15) is 37.0 Å². The number of hydrogen-bond donors (Lipinski definition) is 0. The number of rotatable bonds is 7. The number of hydrogen-bond acceptors (Lipinski definition) is 5. The summed E-state index contributed by atoms with van der Waals surface area (Å²) < 4.78 is 5.06. The molecule has 0 aliphatic carbocycles. The Hall–Kier alpha value is -1.72. The minimum Gasteiger partial charge on any atom is -0.340 e. The lowest BCUT2D eigenvalue weighted by Crippen LogP contribution is -2.37. The highest BCUT2D eigenvalue weighted by molar-refractivity contribution is 5.14. The molecule has 0 amide bonds. The molecule has 130 valence electrons. The van der Waals surface area contributed by atoms with E-state index in [0.29, 0.717) is 18.0 Å². The van der Waals surface area contributed by atoms with Crippen LogP contribution in [0.2, 0.25) is 0 Å². The normalized spacial score (nSPS) is 19.9. The lowest BCUT2D eigenvalue weighted by atomic mass is 10.1. The van der Waals surface area contributed by atoms with Gasteiger partial charge in [0.1, 0.15) is 0 Å². The van der Waals surface area contributed by atoms with Crippen molar-refractivity contribution in [3.8, 4) is 0 Å². The molecule has 1 fully saturated rings. The summed E-state index contributed by atoms with van der Waals surface area (Å²) >= 11 is 0. The summed E-state index contributed by atoms with van der Waals surface area (Å²) in [5.74, 6) is 1.42. The topological polar surface area (TPSA) is 45.4 Å². The first-order valence-electron chi connectivity index (χ1n) is 8.89.